The minimum Gasteiger partial charge on any atom is -0.473 e. The van der Waals surface area contributed by atoms with Crippen molar-refractivity contribution < 1.29 is 4.74 Å². The highest BCUT2D eigenvalue weighted by molar-refractivity contribution is 5.22. The highest BCUT2D eigenvalue weighted by atomic mass is 16.5. The Hall–Kier alpha value is -1.87. The highest BCUT2D eigenvalue weighted by Crippen LogP contribution is 2.09. The molecular weight excluding hydrogens is 200 g/mol. The molecule has 0 aliphatic carbocycles. The zero-order chi connectivity index (χ0) is 11.2. The molecular formula is C13H14N2O. The molecule has 1 heterocycles. The van der Waals surface area contributed by atoms with Crippen LogP contribution in [-0.4, -0.2) is 4.98 Å². The molecule has 0 fully saturated rings. The van der Waals surface area contributed by atoms with Crippen LogP contribution in [0.4, 0.5) is 0 Å². The van der Waals surface area contributed by atoms with Crippen LogP contribution in [0.25, 0.3) is 0 Å². The van der Waals surface area contributed by atoms with Gasteiger partial charge in [-0.15, -0.1) is 0 Å². The van der Waals surface area contributed by atoms with E-state index >= 15 is 0 Å². The Bertz CT molecular complexity index is 425. The number of nitrogens with two attached hydrogens (primary N) is 1. The van der Waals surface area contributed by atoms with Crippen LogP contribution < -0.4 is 10.5 Å². The maximum atomic E-state index is 5.52. The molecule has 0 unspecified atom stereocenters. The van der Waals surface area contributed by atoms with Crippen LogP contribution in [0.15, 0.2) is 48.7 Å². The minimum atomic E-state index is 0.530. The van der Waals surface area contributed by atoms with Crippen molar-refractivity contribution in [2.75, 3.05) is 0 Å². The lowest BCUT2D eigenvalue weighted by molar-refractivity contribution is 0.294. The van der Waals surface area contributed by atoms with Gasteiger partial charge in [0.2, 0.25) is 5.88 Å². The zero-order valence-electron chi connectivity index (χ0n) is 8.97. The Balaban J connectivity index is 1.94. The van der Waals surface area contributed by atoms with Crippen LogP contribution in [-0.2, 0) is 13.2 Å². The summed E-state index contributed by atoms with van der Waals surface area (Å²) in [5.41, 5.74) is 7.76. The summed E-state index contributed by atoms with van der Waals surface area (Å²) in [4.78, 5) is 4.09. The van der Waals surface area contributed by atoms with Crippen LogP contribution in [0.5, 0.6) is 5.88 Å². The molecule has 16 heavy (non-hydrogen) atoms. The van der Waals surface area contributed by atoms with E-state index in [-0.39, 0.29) is 0 Å². The molecule has 0 aliphatic heterocycles. The summed E-state index contributed by atoms with van der Waals surface area (Å²) in [5, 5.41) is 0. The first-order chi connectivity index (χ1) is 7.88. The van der Waals surface area contributed by atoms with Gasteiger partial charge in [0.05, 0.1) is 0 Å². The minimum absolute atomic E-state index is 0.530. The molecule has 0 radical (unpaired) electrons. The smallest absolute Gasteiger partial charge is 0.213 e. The Labute approximate surface area is 94.9 Å². The first-order valence-corrected chi connectivity index (χ1v) is 5.20. The number of rotatable bonds is 4. The maximum Gasteiger partial charge on any atom is 0.213 e. The van der Waals surface area contributed by atoms with E-state index in [4.69, 9.17) is 10.5 Å². The van der Waals surface area contributed by atoms with Gasteiger partial charge in [0.25, 0.3) is 0 Å². The molecule has 2 rings (SSSR count). The van der Waals surface area contributed by atoms with Crippen LogP contribution in [0.2, 0.25) is 0 Å². The molecule has 0 amide bonds. The molecule has 0 saturated carbocycles. The number of benzene rings is 1. The van der Waals surface area contributed by atoms with Crippen molar-refractivity contribution in [1.29, 1.82) is 0 Å². The second-order valence-corrected chi connectivity index (χ2v) is 3.48. The van der Waals surface area contributed by atoms with E-state index in [9.17, 15) is 0 Å². The number of hydrogen-bond donors (Lipinski definition) is 1. The van der Waals surface area contributed by atoms with Crippen LogP contribution in [0.3, 0.4) is 0 Å². The average Bonchev–Trinajstić information content (AvgIpc) is 2.38. The van der Waals surface area contributed by atoms with Gasteiger partial charge in [-0.1, -0.05) is 30.3 Å². The van der Waals surface area contributed by atoms with E-state index in [1.807, 2.05) is 42.5 Å². The zero-order valence-corrected chi connectivity index (χ0v) is 8.97. The van der Waals surface area contributed by atoms with Crippen molar-refractivity contribution in [1.82, 2.24) is 4.98 Å². The average molecular weight is 214 g/mol. The quantitative estimate of drug-likeness (QED) is 0.848. The topological polar surface area (TPSA) is 48.1 Å². The summed E-state index contributed by atoms with van der Waals surface area (Å²) in [5.74, 6) is 0.644. The van der Waals surface area contributed by atoms with Crippen LogP contribution in [0.1, 0.15) is 11.1 Å². The normalized spacial score (nSPS) is 10.1. The van der Waals surface area contributed by atoms with Crippen molar-refractivity contribution in [2.24, 2.45) is 5.73 Å². The summed E-state index contributed by atoms with van der Waals surface area (Å²) >= 11 is 0. The third kappa shape index (κ3) is 2.81. The number of ether oxygens (including phenoxy) is 1. The molecule has 0 saturated heterocycles. The predicted octanol–water partition coefficient (Wildman–Crippen LogP) is 2.12. The second-order valence-electron chi connectivity index (χ2n) is 3.48. The Kier molecular flexibility index (Phi) is 3.51. The van der Waals surface area contributed by atoms with E-state index in [0.29, 0.717) is 19.0 Å². The van der Waals surface area contributed by atoms with Gasteiger partial charge in [-0.3, -0.25) is 0 Å². The van der Waals surface area contributed by atoms with Gasteiger partial charge >= 0.3 is 0 Å². The lowest BCUT2D eigenvalue weighted by atomic mass is 10.1. The monoisotopic (exact) mass is 214 g/mol. The molecule has 0 spiro atoms. The van der Waals surface area contributed by atoms with E-state index in [0.717, 1.165) is 11.1 Å². The molecule has 2 aromatic rings. The Morgan fingerprint density at radius 2 is 1.75 bits per heavy atom. The maximum absolute atomic E-state index is 5.52. The summed E-state index contributed by atoms with van der Waals surface area (Å²) in [7, 11) is 0. The first kappa shape index (κ1) is 10.6. The van der Waals surface area contributed by atoms with Crippen molar-refractivity contribution >= 4 is 0 Å². The number of hydrogen-bond acceptors (Lipinski definition) is 3. The fourth-order valence-electron chi connectivity index (χ4n) is 1.36. The molecule has 1 aromatic carbocycles. The van der Waals surface area contributed by atoms with E-state index in [1.54, 1.807) is 6.20 Å². The Morgan fingerprint density at radius 1 is 1.00 bits per heavy atom. The van der Waals surface area contributed by atoms with Gasteiger partial charge in [0, 0.05) is 18.8 Å². The van der Waals surface area contributed by atoms with Gasteiger partial charge in [0.1, 0.15) is 6.61 Å². The number of aromatic nitrogens is 1. The highest BCUT2D eigenvalue weighted by Gasteiger charge is 1.96. The van der Waals surface area contributed by atoms with Crippen LogP contribution >= 0.6 is 0 Å². The van der Waals surface area contributed by atoms with Crippen LogP contribution in [0, 0.1) is 0 Å². The number of pyridine rings is 1. The molecule has 82 valence electrons. The van der Waals surface area contributed by atoms with E-state index in [2.05, 4.69) is 4.98 Å². The van der Waals surface area contributed by atoms with E-state index in [1.165, 1.54) is 0 Å². The summed E-state index contributed by atoms with van der Waals surface area (Å²) in [6, 6.07) is 13.7. The predicted molar refractivity (Wildman–Crippen MR) is 62.9 cm³/mol. The molecule has 0 aliphatic rings. The van der Waals surface area contributed by atoms with Crippen molar-refractivity contribution in [3.8, 4) is 5.88 Å². The summed E-state index contributed by atoms with van der Waals surface area (Å²) in [6.07, 6.45) is 1.72. The molecule has 0 atom stereocenters. The summed E-state index contributed by atoms with van der Waals surface area (Å²) < 4.78 is 5.52. The number of nitrogens with zero attached hydrogens (tertiary/aromatic N) is 1. The molecule has 3 nitrogen and oxygen atoms in total. The van der Waals surface area contributed by atoms with Gasteiger partial charge in [-0.2, -0.15) is 0 Å². The first-order valence-electron chi connectivity index (χ1n) is 5.20. The summed E-state index contributed by atoms with van der Waals surface area (Å²) in [6.45, 7) is 1.10. The lowest BCUT2D eigenvalue weighted by Crippen LogP contribution is -1.99. The fraction of sp³-hybridized carbons (Fsp3) is 0.154. The Morgan fingerprint density at radius 3 is 2.38 bits per heavy atom. The van der Waals surface area contributed by atoms with Crippen molar-refractivity contribution in [2.45, 2.75) is 13.2 Å². The van der Waals surface area contributed by atoms with Gasteiger partial charge in [-0.05, 0) is 17.2 Å². The van der Waals surface area contributed by atoms with Gasteiger partial charge < -0.3 is 10.5 Å². The molecule has 2 N–H and O–H groups in total. The largest absolute Gasteiger partial charge is 0.473 e. The van der Waals surface area contributed by atoms with E-state index < -0.39 is 0 Å². The third-order valence-electron chi connectivity index (χ3n) is 2.28. The third-order valence-corrected chi connectivity index (χ3v) is 2.28. The van der Waals surface area contributed by atoms with Gasteiger partial charge in [-0.25, -0.2) is 4.98 Å². The standard InChI is InChI=1S/C13H14N2O/c14-9-11-4-6-12(7-5-11)10-16-13-3-1-2-8-15-13/h1-8H,9-10,14H2. The SMILES string of the molecule is NCc1ccc(COc2ccccn2)cc1. The van der Waals surface area contributed by atoms with Crippen molar-refractivity contribution in [3.05, 3.63) is 59.8 Å². The molecule has 1 aromatic heterocycles. The lowest BCUT2D eigenvalue weighted by Gasteiger charge is -2.05. The molecule has 0 bridgehead atoms. The van der Waals surface area contributed by atoms with Gasteiger partial charge in [0.15, 0.2) is 0 Å². The fourth-order valence-corrected chi connectivity index (χ4v) is 1.36. The van der Waals surface area contributed by atoms with Crippen molar-refractivity contribution in [3.63, 3.8) is 0 Å². The second kappa shape index (κ2) is 5.28. The molecule has 3 heteroatoms.